The normalized spacial score (nSPS) is 16.9. The Labute approximate surface area is 256 Å². The highest BCUT2D eigenvalue weighted by Crippen LogP contribution is 2.53. The van der Waals surface area contributed by atoms with Crippen molar-refractivity contribution in [3.05, 3.63) is 135 Å². The lowest BCUT2D eigenvalue weighted by Gasteiger charge is -2.34. The molecule has 10 heteroatoms. The second-order valence-electron chi connectivity index (χ2n) is 10.9. The molecule has 1 unspecified atom stereocenters. The number of rotatable bonds is 7. The third-order valence-corrected chi connectivity index (χ3v) is 8.52. The summed E-state index contributed by atoms with van der Waals surface area (Å²) in [6, 6.07) is 21.5. The quantitative estimate of drug-likeness (QED) is 0.240. The zero-order valence-corrected chi connectivity index (χ0v) is 24.3. The first-order valence-electron chi connectivity index (χ1n) is 14.2. The Kier molecular flexibility index (Phi) is 6.65. The van der Waals surface area contributed by atoms with E-state index < -0.39 is 34.4 Å². The molecule has 0 radical (unpaired) electrons. The molecule has 0 bridgehead atoms. The Balaban J connectivity index is 1.42. The Morgan fingerprint density at radius 1 is 0.800 bits per heavy atom. The van der Waals surface area contributed by atoms with Gasteiger partial charge in [0.1, 0.15) is 17.2 Å². The van der Waals surface area contributed by atoms with Gasteiger partial charge in [0.25, 0.3) is 11.8 Å². The maximum absolute atomic E-state index is 14.9. The number of hydrogen-bond acceptors (Lipinski definition) is 6. The van der Waals surface area contributed by atoms with E-state index in [2.05, 4.69) is 0 Å². The minimum absolute atomic E-state index is 0.0210. The van der Waals surface area contributed by atoms with Crippen LogP contribution in [-0.4, -0.2) is 37.5 Å². The summed E-state index contributed by atoms with van der Waals surface area (Å²) in [4.78, 5) is 46.3. The zero-order chi connectivity index (χ0) is 31.5. The van der Waals surface area contributed by atoms with E-state index in [1.807, 2.05) is 6.07 Å². The summed E-state index contributed by atoms with van der Waals surface area (Å²) in [6.07, 6.45) is 0.289. The van der Waals surface area contributed by atoms with Crippen LogP contribution in [0.25, 0.3) is 11.0 Å². The third-order valence-electron chi connectivity index (χ3n) is 8.52. The average molecular weight is 609 g/mol. The van der Waals surface area contributed by atoms with Gasteiger partial charge in [0.15, 0.2) is 22.5 Å². The Morgan fingerprint density at radius 3 is 2.27 bits per heavy atom. The van der Waals surface area contributed by atoms with Gasteiger partial charge in [-0.05, 0) is 66.1 Å². The van der Waals surface area contributed by atoms with E-state index in [-0.39, 0.29) is 41.8 Å². The maximum Gasteiger partial charge on any atom is 0.291 e. The maximum atomic E-state index is 14.9. The van der Waals surface area contributed by atoms with E-state index in [0.29, 0.717) is 28.3 Å². The molecule has 5 aromatic rings. The van der Waals surface area contributed by atoms with E-state index in [4.69, 9.17) is 13.9 Å². The highest BCUT2D eigenvalue weighted by atomic mass is 19.1. The van der Waals surface area contributed by atoms with Gasteiger partial charge in [-0.1, -0.05) is 36.4 Å². The number of ether oxygens (including phenoxy) is 2. The van der Waals surface area contributed by atoms with Gasteiger partial charge >= 0.3 is 0 Å². The molecule has 0 fully saturated rings. The average Bonchev–Trinajstić information content (AvgIpc) is 3.44. The summed E-state index contributed by atoms with van der Waals surface area (Å²) in [6.45, 7) is 0.0750. The molecule has 2 aliphatic heterocycles. The molecule has 1 spiro atoms. The number of fused-ring (bicyclic) bond motifs is 5. The summed E-state index contributed by atoms with van der Waals surface area (Å²) >= 11 is 0. The van der Waals surface area contributed by atoms with Crippen molar-refractivity contribution >= 4 is 28.5 Å². The molecule has 7 rings (SSSR count). The van der Waals surface area contributed by atoms with E-state index >= 15 is 0 Å². The molecule has 4 aromatic carbocycles. The van der Waals surface area contributed by atoms with Gasteiger partial charge in [0, 0.05) is 12.1 Å². The van der Waals surface area contributed by atoms with Crippen LogP contribution in [0.4, 0.5) is 14.5 Å². The molecule has 0 aliphatic carbocycles. The Hall–Kier alpha value is -5.51. The van der Waals surface area contributed by atoms with Crippen molar-refractivity contribution in [2.45, 2.75) is 18.5 Å². The standard InChI is InChI=1S/C35H26F2N2O6/c1-43-28-13-9-20(17-29(28)44-2)15-16-39-33(41)32-30(31(40)24-18-23(37)12-14-27(24)45-32)35(39)25-5-3-4-6-26(25)38(34(35)42)19-21-7-10-22(36)11-8-21/h3-14,17-18H,15-16,19H2,1-2H3. The summed E-state index contributed by atoms with van der Waals surface area (Å²) in [5.41, 5.74) is -0.336. The van der Waals surface area contributed by atoms with Crippen LogP contribution in [0.3, 0.4) is 0 Å². The molecule has 0 saturated heterocycles. The van der Waals surface area contributed by atoms with Crippen LogP contribution >= 0.6 is 0 Å². The van der Waals surface area contributed by atoms with E-state index in [9.17, 15) is 23.2 Å². The van der Waals surface area contributed by atoms with Gasteiger partial charge in [-0.3, -0.25) is 14.4 Å². The number of carbonyl (C=O) groups excluding carboxylic acids is 2. The molecular formula is C35H26F2N2O6. The monoisotopic (exact) mass is 608 g/mol. The number of amides is 2. The number of halogens is 2. The number of hydrogen-bond donors (Lipinski definition) is 0. The number of anilines is 1. The van der Waals surface area contributed by atoms with Crippen molar-refractivity contribution < 1.29 is 32.3 Å². The summed E-state index contributed by atoms with van der Waals surface area (Å²) in [7, 11) is 3.05. The molecule has 1 aromatic heterocycles. The van der Waals surface area contributed by atoms with Gasteiger partial charge in [0.2, 0.25) is 5.76 Å². The molecule has 45 heavy (non-hydrogen) atoms. The number of methoxy groups -OCH3 is 2. The lowest BCUT2D eigenvalue weighted by molar-refractivity contribution is -0.126. The fourth-order valence-corrected chi connectivity index (χ4v) is 6.47. The van der Waals surface area contributed by atoms with Crippen LogP contribution in [0.1, 0.15) is 32.8 Å². The molecule has 2 amide bonds. The highest BCUT2D eigenvalue weighted by molar-refractivity contribution is 6.17. The van der Waals surface area contributed by atoms with Crippen LogP contribution in [0, 0.1) is 11.6 Å². The second kappa shape index (κ2) is 10.6. The van der Waals surface area contributed by atoms with Crippen molar-refractivity contribution in [2.24, 2.45) is 0 Å². The van der Waals surface area contributed by atoms with Gasteiger partial charge in [-0.2, -0.15) is 0 Å². The van der Waals surface area contributed by atoms with Gasteiger partial charge in [0.05, 0.1) is 37.4 Å². The molecule has 1 atom stereocenters. The summed E-state index contributed by atoms with van der Waals surface area (Å²) in [5.74, 6) is -1.49. The minimum Gasteiger partial charge on any atom is -0.493 e. The largest absolute Gasteiger partial charge is 0.493 e. The van der Waals surface area contributed by atoms with Crippen molar-refractivity contribution in [1.29, 1.82) is 0 Å². The van der Waals surface area contributed by atoms with Crippen molar-refractivity contribution in [2.75, 3.05) is 25.7 Å². The fourth-order valence-electron chi connectivity index (χ4n) is 6.47. The van der Waals surface area contributed by atoms with Gasteiger partial charge in [-0.25, -0.2) is 8.78 Å². The third kappa shape index (κ3) is 4.20. The van der Waals surface area contributed by atoms with Crippen LogP contribution in [0.15, 0.2) is 94.1 Å². The Morgan fingerprint density at radius 2 is 1.51 bits per heavy atom. The molecule has 0 N–H and O–H groups in total. The SMILES string of the molecule is COc1ccc(CCN2C(=O)c3oc4ccc(F)cc4c(=O)c3C23C(=O)N(Cc2ccc(F)cc2)c2ccccc23)cc1OC. The number of para-hydroxylation sites is 1. The lowest BCUT2D eigenvalue weighted by Crippen LogP contribution is -2.53. The van der Waals surface area contributed by atoms with Crippen LogP contribution in [-0.2, 0) is 23.3 Å². The first-order valence-corrected chi connectivity index (χ1v) is 14.2. The van der Waals surface area contributed by atoms with E-state index in [1.54, 1.807) is 48.5 Å². The predicted molar refractivity (Wildman–Crippen MR) is 162 cm³/mol. The summed E-state index contributed by atoms with van der Waals surface area (Å²) in [5, 5.41) is -0.0788. The number of nitrogens with zero attached hydrogens (tertiary/aromatic N) is 2. The molecule has 2 aliphatic rings. The number of carbonyl (C=O) groups is 2. The molecule has 0 saturated carbocycles. The van der Waals surface area contributed by atoms with Gasteiger partial charge < -0.3 is 23.7 Å². The van der Waals surface area contributed by atoms with Crippen LogP contribution in [0.2, 0.25) is 0 Å². The van der Waals surface area contributed by atoms with E-state index in [0.717, 1.165) is 17.7 Å². The predicted octanol–water partition coefficient (Wildman–Crippen LogP) is 5.58. The van der Waals surface area contributed by atoms with E-state index in [1.165, 1.54) is 42.2 Å². The van der Waals surface area contributed by atoms with Crippen molar-refractivity contribution in [3.8, 4) is 11.5 Å². The second-order valence-corrected chi connectivity index (χ2v) is 10.9. The molecule has 226 valence electrons. The lowest BCUT2D eigenvalue weighted by atomic mass is 9.83. The zero-order valence-electron chi connectivity index (χ0n) is 24.3. The van der Waals surface area contributed by atoms with Crippen molar-refractivity contribution in [3.63, 3.8) is 0 Å². The van der Waals surface area contributed by atoms with Crippen LogP contribution in [0.5, 0.6) is 11.5 Å². The van der Waals surface area contributed by atoms with Crippen molar-refractivity contribution in [1.82, 2.24) is 4.90 Å². The minimum atomic E-state index is -1.89. The smallest absolute Gasteiger partial charge is 0.291 e. The summed E-state index contributed by atoms with van der Waals surface area (Å²) < 4.78 is 44.9. The molecule has 3 heterocycles. The Bertz CT molecular complexity index is 2080. The first-order chi connectivity index (χ1) is 21.8. The number of benzene rings is 4. The molecular weight excluding hydrogens is 582 g/mol. The fraction of sp³-hybridized carbons (Fsp3) is 0.171. The van der Waals surface area contributed by atoms with Crippen LogP contribution < -0.4 is 19.8 Å². The van der Waals surface area contributed by atoms with Gasteiger partial charge in [-0.15, -0.1) is 0 Å². The first kappa shape index (κ1) is 28.3. The highest BCUT2D eigenvalue weighted by Gasteiger charge is 2.64. The topological polar surface area (TPSA) is 89.3 Å². The molecule has 8 nitrogen and oxygen atoms in total.